The molecule has 1 aliphatic rings. The monoisotopic (exact) mass is 284 g/mol. The first kappa shape index (κ1) is 17.0. The number of aliphatic carboxylic acids is 1. The molecule has 20 heavy (non-hydrogen) atoms. The minimum absolute atomic E-state index is 0.0631. The first-order valence-electron chi connectivity index (χ1n) is 7.78. The molecular formula is C15H28N2O3. The molecule has 0 aromatic carbocycles. The van der Waals surface area contributed by atoms with Crippen LogP contribution in [0.25, 0.3) is 0 Å². The van der Waals surface area contributed by atoms with Gasteiger partial charge < -0.3 is 10.4 Å². The molecule has 5 nitrogen and oxygen atoms in total. The van der Waals surface area contributed by atoms with E-state index in [9.17, 15) is 9.59 Å². The van der Waals surface area contributed by atoms with E-state index in [4.69, 9.17) is 5.11 Å². The van der Waals surface area contributed by atoms with Crippen LogP contribution < -0.4 is 5.32 Å². The van der Waals surface area contributed by atoms with E-state index in [1.54, 1.807) is 0 Å². The second-order valence-corrected chi connectivity index (χ2v) is 5.81. The molecule has 1 amide bonds. The highest BCUT2D eigenvalue weighted by molar-refractivity contribution is 5.78. The molecule has 116 valence electrons. The van der Waals surface area contributed by atoms with Crippen molar-refractivity contribution in [2.75, 3.05) is 13.1 Å². The van der Waals surface area contributed by atoms with Crippen LogP contribution >= 0.6 is 0 Å². The summed E-state index contributed by atoms with van der Waals surface area (Å²) in [6.07, 6.45) is 6.13. The molecule has 5 heteroatoms. The second kappa shape index (κ2) is 8.95. The molecule has 0 aliphatic carbocycles. The van der Waals surface area contributed by atoms with Crippen molar-refractivity contribution in [2.24, 2.45) is 0 Å². The lowest BCUT2D eigenvalue weighted by Gasteiger charge is -2.35. The van der Waals surface area contributed by atoms with Gasteiger partial charge in [-0.25, -0.2) is 0 Å². The van der Waals surface area contributed by atoms with E-state index in [0.717, 1.165) is 38.6 Å². The molecule has 1 saturated heterocycles. The zero-order valence-corrected chi connectivity index (χ0v) is 12.7. The number of rotatable bonds is 8. The lowest BCUT2D eigenvalue weighted by atomic mass is 9.98. The third kappa shape index (κ3) is 6.37. The summed E-state index contributed by atoms with van der Waals surface area (Å²) in [5.74, 6) is -0.690. The summed E-state index contributed by atoms with van der Waals surface area (Å²) in [4.78, 5) is 24.9. The highest BCUT2D eigenvalue weighted by Crippen LogP contribution is 2.20. The van der Waals surface area contributed by atoms with Crippen LogP contribution in [0.15, 0.2) is 0 Å². The maximum Gasteiger partial charge on any atom is 0.303 e. The van der Waals surface area contributed by atoms with Gasteiger partial charge >= 0.3 is 5.97 Å². The Kier molecular flexibility index (Phi) is 7.59. The number of piperidine rings is 1. The SMILES string of the molecule is CCCC(C)NC(=O)CN1CCCCC1CCC(=O)O. The molecule has 0 aromatic heterocycles. The van der Waals surface area contributed by atoms with Crippen molar-refractivity contribution < 1.29 is 14.7 Å². The largest absolute Gasteiger partial charge is 0.481 e. The predicted octanol–water partition coefficient (Wildman–Crippen LogP) is 2.01. The van der Waals surface area contributed by atoms with Crippen LogP contribution in [0.3, 0.4) is 0 Å². The first-order valence-corrected chi connectivity index (χ1v) is 7.78. The lowest BCUT2D eigenvalue weighted by Crippen LogP contribution is -2.47. The van der Waals surface area contributed by atoms with Gasteiger partial charge in [0.15, 0.2) is 0 Å². The second-order valence-electron chi connectivity index (χ2n) is 5.81. The lowest BCUT2D eigenvalue weighted by molar-refractivity contribution is -0.137. The summed E-state index contributed by atoms with van der Waals surface area (Å²) in [5.41, 5.74) is 0. The molecule has 1 aliphatic heterocycles. The number of hydrogen-bond donors (Lipinski definition) is 2. The molecule has 2 unspecified atom stereocenters. The van der Waals surface area contributed by atoms with Crippen LogP contribution in [-0.4, -0.2) is 47.1 Å². The van der Waals surface area contributed by atoms with Gasteiger partial charge in [-0.3, -0.25) is 14.5 Å². The van der Waals surface area contributed by atoms with Crippen molar-refractivity contribution in [3.63, 3.8) is 0 Å². The van der Waals surface area contributed by atoms with Crippen molar-refractivity contribution in [3.8, 4) is 0 Å². The zero-order valence-electron chi connectivity index (χ0n) is 12.7. The maximum atomic E-state index is 12.0. The minimum Gasteiger partial charge on any atom is -0.481 e. The van der Waals surface area contributed by atoms with Crippen LogP contribution in [-0.2, 0) is 9.59 Å². The average Bonchev–Trinajstić information content (AvgIpc) is 2.37. The molecule has 2 N–H and O–H groups in total. The Morgan fingerprint density at radius 2 is 2.15 bits per heavy atom. The normalized spacial score (nSPS) is 21.4. The van der Waals surface area contributed by atoms with Gasteiger partial charge in [-0.15, -0.1) is 0 Å². The van der Waals surface area contributed by atoms with Gasteiger partial charge in [-0.05, 0) is 39.2 Å². The van der Waals surface area contributed by atoms with Crippen LogP contribution in [0.4, 0.5) is 0 Å². The molecule has 0 aromatic rings. The topological polar surface area (TPSA) is 69.6 Å². The van der Waals surface area contributed by atoms with Crippen molar-refractivity contribution in [3.05, 3.63) is 0 Å². The fourth-order valence-electron chi connectivity index (χ4n) is 2.90. The molecule has 0 bridgehead atoms. The number of nitrogens with zero attached hydrogens (tertiary/aromatic N) is 1. The van der Waals surface area contributed by atoms with E-state index in [-0.39, 0.29) is 24.4 Å². The molecule has 1 rings (SSSR count). The summed E-state index contributed by atoms with van der Waals surface area (Å²) in [7, 11) is 0. The van der Waals surface area contributed by atoms with Crippen LogP contribution in [0.1, 0.15) is 58.8 Å². The molecule has 0 radical (unpaired) electrons. The van der Waals surface area contributed by atoms with Gasteiger partial charge in [0.25, 0.3) is 0 Å². The number of hydrogen-bond acceptors (Lipinski definition) is 3. The quantitative estimate of drug-likeness (QED) is 0.715. The van der Waals surface area contributed by atoms with Crippen LogP contribution in [0.2, 0.25) is 0 Å². The summed E-state index contributed by atoms with van der Waals surface area (Å²) >= 11 is 0. The van der Waals surface area contributed by atoms with E-state index >= 15 is 0 Å². The Morgan fingerprint density at radius 1 is 1.40 bits per heavy atom. The summed E-state index contributed by atoms with van der Waals surface area (Å²) in [6.45, 7) is 5.44. The van der Waals surface area contributed by atoms with E-state index < -0.39 is 5.97 Å². The highest BCUT2D eigenvalue weighted by Gasteiger charge is 2.24. The fraction of sp³-hybridized carbons (Fsp3) is 0.867. The fourth-order valence-corrected chi connectivity index (χ4v) is 2.90. The predicted molar refractivity (Wildman–Crippen MR) is 78.6 cm³/mol. The van der Waals surface area contributed by atoms with Crippen LogP contribution in [0.5, 0.6) is 0 Å². The van der Waals surface area contributed by atoms with Crippen molar-refractivity contribution in [1.82, 2.24) is 10.2 Å². The number of likely N-dealkylation sites (tertiary alicyclic amines) is 1. The smallest absolute Gasteiger partial charge is 0.303 e. The Balaban J connectivity index is 2.41. The highest BCUT2D eigenvalue weighted by atomic mass is 16.4. The van der Waals surface area contributed by atoms with Gasteiger partial charge in [-0.2, -0.15) is 0 Å². The van der Waals surface area contributed by atoms with Gasteiger partial charge in [0, 0.05) is 18.5 Å². The molecule has 1 heterocycles. The third-order valence-electron chi connectivity index (χ3n) is 3.92. The summed E-state index contributed by atoms with van der Waals surface area (Å²) in [5, 5.41) is 11.8. The van der Waals surface area contributed by atoms with Crippen molar-refractivity contribution in [2.45, 2.75) is 70.9 Å². The first-order chi connectivity index (χ1) is 9.52. The van der Waals surface area contributed by atoms with E-state index in [0.29, 0.717) is 13.0 Å². The van der Waals surface area contributed by atoms with Gasteiger partial charge in [-0.1, -0.05) is 19.8 Å². The number of carbonyl (C=O) groups is 2. The minimum atomic E-state index is -0.753. The molecule has 1 fully saturated rings. The number of nitrogens with one attached hydrogen (secondary N) is 1. The summed E-state index contributed by atoms with van der Waals surface area (Å²) < 4.78 is 0. The van der Waals surface area contributed by atoms with E-state index in [1.165, 1.54) is 0 Å². The third-order valence-corrected chi connectivity index (χ3v) is 3.92. The Hall–Kier alpha value is -1.10. The Bertz CT molecular complexity index is 320. The van der Waals surface area contributed by atoms with Gasteiger partial charge in [0.05, 0.1) is 6.54 Å². The van der Waals surface area contributed by atoms with Crippen molar-refractivity contribution in [1.29, 1.82) is 0 Å². The van der Waals surface area contributed by atoms with Crippen molar-refractivity contribution >= 4 is 11.9 Å². The Labute approximate surface area is 121 Å². The standard InChI is InChI=1S/C15H28N2O3/c1-3-6-12(2)16-14(18)11-17-10-5-4-7-13(17)8-9-15(19)20/h12-13H,3-11H2,1-2H3,(H,16,18)(H,19,20). The van der Waals surface area contributed by atoms with Crippen LogP contribution in [0, 0.1) is 0 Å². The number of carbonyl (C=O) groups excluding carboxylic acids is 1. The average molecular weight is 284 g/mol. The molecule has 0 spiro atoms. The van der Waals surface area contributed by atoms with E-state index in [2.05, 4.69) is 17.1 Å². The maximum absolute atomic E-state index is 12.0. The van der Waals surface area contributed by atoms with Gasteiger partial charge in [0.2, 0.25) is 5.91 Å². The number of amides is 1. The van der Waals surface area contributed by atoms with Gasteiger partial charge in [0.1, 0.15) is 0 Å². The number of carboxylic acid groups (broad SMARTS) is 1. The number of carboxylic acids is 1. The van der Waals surface area contributed by atoms with E-state index in [1.807, 2.05) is 6.92 Å². The Morgan fingerprint density at radius 3 is 2.80 bits per heavy atom. The molecule has 0 saturated carbocycles. The molecular weight excluding hydrogens is 256 g/mol. The molecule has 2 atom stereocenters. The zero-order chi connectivity index (χ0) is 15.0. The summed E-state index contributed by atoms with van der Waals surface area (Å²) in [6, 6.07) is 0.460.